The van der Waals surface area contributed by atoms with Gasteiger partial charge in [-0.3, -0.25) is 0 Å². The van der Waals surface area contributed by atoms with Gasteiger partial charge in [0, 0.05) is 0 Å². The highest BCUT2D eigenvalue weighted by Crippen LogP contribution is 2.21. The molecule has 0 heterocycles. The van der Waals surface area contributed by atoms with Crippen LogP contribution in [0.15, 0.2) is 48.5 Å². The zero-order valence-electron chi connectivity index (χ0n) is 8.48. The maximum absolute atomic E-state index is 9.05. The Labute approximate surface area is 90.0 Å². The highest BCUT2D eigenvalue weighted by Gasteiger charge is 1.98. The molecular weight excluding hydrogens is 184 g/mol. The summed E-state index contributed by atoms with van der Waals surface area (Å²) < 4.78 is 0. The minimum Gasteiger partial charge on any atom is -0.392 e. The summed E-state index contributed by atoms with van der Waals surface area (Å²) in [6.45, 7) is 3.98. The number of benzene rings is 2. The Morgan fingerprint density at radius 2 is 1.60 bits per heavy atom. The Balaban J connectivity index is 2.44. The van der Waals surface area contributed by atoms with Crippen molar-refractivity contribution in [1.82, 2.24) is 0 Å². The predicted octanol–water partition coefficient (Wildman–Crippen LogP) is 3.03. The van der Waals surface area contributed by atoms with Crippen molar-refractivity contribution in [2.24, 2.45) is 0 Å². The number of hydrogen-bond donors (Lipinski definition) is 1. The Hall–Kier alpha value is -1.60. The van der Waals surface area contributed by atoms with Crippen LogP contribution < -0.4 is 0 Å². The van der Waals surface area contributed by atoms with Gasteiger partial charge in [0.05, 0.1) is 6.61 Å². The third kappa shape index (κ3) is 2.25. The quantitative estimate of drug-likeness (QED) is 0.784. The van der Waals surface area contributed by atoms with E-state index in [2.05, 4.69) is 6.92 Å². The monoisotopic (exact) mass is 197 g/mol. The van der Waals surface area contributed by atoms with Crippen LogP contribution in [0.1, 0.15) is 11.1 Å². The van der Waals surface area contributed by atoms with Crippen LogP contribution in [0.3, 0.4) is 0 Å². The van der Waals surface area contributed by atoms with Crippen molar-refractivity contribution in [3.05, 3.63) is 66.6 Å². The molecule has 1 heteroatoms. The number of rotatable bonds is 2. The van der Waals surface area contributed by atoms with Gasteiger partial charge in [0.1, 0.15) is 0 Å². The number of aliphatic hydroxyl groups is 1. The van der Waals surface area contributed by atoms with Crippen molar-refractivity contribution in [3.8, 4) is 11.1 Å². The maximum Gasteiger partial charge on any atom is 0.0682 e. The van der Waals surface area contributed by atoms with E-state index in [1.54, 1.807) is 0 Å². The molecule has 0 aliphatic heterocycles. The van der Waals surface area contributed by atoms with E-state index in [4.69, 9.17) is 5.11 Å². The first-order valence-electron chi connectivity index (χ1n) is 4.92. The van der Waals surface area contributed by atoms with E-state index in [9.17, 15) is 0 Å². The van der Waals surface area contributed by atoms with E-state index in [1.807, 2.05) is 48.5 Å². The van der Waals surface area contributed by atoms with Gasteiger partial charge in [-0.2, -0.15) is 0 Å². The molecule has 0 fully saturated rings. The summed E-state index contributed by atoms with van der Waals surface area (Å²) in [4.78, 5) is 0. The zero-order chi connectivity index (χ0) is 10.7. The fourth-order valence-electron chi connectivity index (χ4n) is 1.60. The topological polar surface area (TPSA) is 20.2 Å². The van der Waals surface area contributed by atoms with Crippen LogP contribution in [0.25, 0.3) is 11.1 Å². The van der Waals surface area contributed by atoms with Crippen molar-refractivity contribution < 1.29 is 5.11 Å². The summed E-state index contributed by atoms with van der Waals surface area (Å²) in [5.41, 5.74) is 4.19. The first-order valence-corrected chi connectivity index (χ1v) is 4.92. The molecule has 2 rings (SSSR count). The van der Waals surface area contributed by atoms with E-state index in [0.29, 0.717) is 0 Å². The van der Waals surface area contributed by atoms with Crippen LogP contribution >= 0.6 is 0 Å². The lowest BCUT2D eigenvalue weighted by Crippen LogP contribution is -1.84. The van der Waals surface area contributed by atoms with E-state index in [0.717, 1.165) is 22.3 Å². The summed E-state index contributed by atoms with van der Waals surface area (Å²) in [5.74, 6) is 0. The van der Waals surface area contributed by atoms with Crippen LogP contribution in [-0.4, -0.2) is 5.11 Å². The smallest absolute Gasteiger partial charge is 0.0682 e. The van der Waals surface area contributed by atoms with Crippen LogP contribution in [0, 0.1) is 6.92 Å². The Bertz CT molecular complexity index is 460. The lowest BCUT2D eigenvalue weighted by molar-refractivity contribution is 0.282. The Kier molecular flexibility index (Phi) is 2.84. The second-order valence-corrected chi connectivity index (χ2v) is 3.56. The van der Waals surface area contributed by atoms with Crippen LogP contribution in [0.2, 0.25) is 0 Å². The fourth-order valence-corrected chi connectivity index (χ4v) is 1.60. The molecule has 1 radical (unpaired) electrons. The minimum atomic E-state index is 0.0813. The molecule has 0 spiro atoms. The van der Waals surface area contributed by atoms with Gasteiger partial charge in [-0.15, -0.1) is 0 Å². The molecule has 0 bridgehead atoms. The normalized spacial score (nSPS) is 10.3. The van der Waals surface area contributed by atoms with E-state index < -0.39 is 0 Å². The van der Waals surface area contributed by atoms with Gasteiger partial charge in [0.15, 0.2) is 0 Å². The molecule has 0 aliphatic rings. The molecule has 1 N–H and O–H groups in total. The van der Waals surface area contributed by atoms with Crippen molar-refractivity contribution >= 4 is 0 Å². The molecular formula is C14H13O. The summed E-state index contributed by atoms with van der Waals surface area (Å²) >= 11 is 0. The first kappa shape index (κ1) is 9.94. The van der Waals surface area contributed by atoms with Gasteiger partial charge in [-0.1, -0.05) is 42.5 Å². The SMILES string of the molecule is [CH2]c1cccc(-c2cccc(CO)c2)c1. The summed E-state index contributed by atoms with van der Waals surface area (Å²) in [6, 6.07) is 15.9. The van der Waals surface area contributed by atoms with E-state index in [1.165, 1.54) is 0 Å². The standard InChI is InChI=1S/C14H13O/c1-11-4-2-6-13(8-11)14-7-3-5-12(9-14)10-15/h2-9,15H,1,10H2. The molecule has 15 heavy (non-hydrogen) atoms. The molecule has 2 aromatic carbocycles. The van der Waals surface area contributed by atoms with E-state index >= 15 is 0 Å². The second kappa shape index (κ2) is 4.28. The average molecular weight is 197 g/mol. The lowest BCUT2D eigenvalue weighted by Gasteiger charge is -2.04. The molecule has 0 aliphatic carbocycles. The molecule has 0 aromatic heterocycles. The van der Waals surface area contributed by atoms with Crippen molar-refractivity contribution in [1.29, 1.82) is 0 Å². The van der Waals surface area contributed by atoms with Gasteiger partial charge in [0.2, 0.25) is 0 Å². The molecule has 0 saturated heterocycles. The zero-order valence-corrected chi connectivity index (χ0v) is 8.48. The van der Waals surface area contributed by atoms with Crippen LogP contribution in [-0.2, 0) is 6.61 Å². The molecule has 0 amide bonds. The average Bonchev–Trinajstić information content (AvgIpc) is 2.29. The first-order chi connectivity index (χ1) is 7.29. The number of hydrogen-bond acceptors (Lipinski definition) is 1. The summed E-state index contributed by atoms with van der Waals surface area (Å²) in [7, 11) is 0. The van der Waals surface area contributed by atoms with Crippen molar-refractivity contribution in [3.63, 3.8) is 0 Å². The second-order valence-electron chi connectivity index (χ2n) is 3.56. The fraction of sp³-hybridized carbons (Fsp3) is 0.0714. The highest BCUT2D eigenvalue weighted by atomic mass is 16.3. The minimum absolute atomic E-state index is 0.0813. The van der Waals surface area contributed by atoms with Gasteiger partial charge in [-0.25, -0.2) is 0 Å². The molecule has 0 unspecified atom stereocenters. The molecule has 0 saturated carbocycles. The summed E-state index contributed by atoms with van der Waals surface area (Å²) in [5, 5.41) is 9.05. The van der Waals surface area contributed by atoms with Crippen molar-refractivity contribution in [2.75, 3.05) is 0 Å². The predicted molar refractivity (Wildman–Crippen MR) is 62.3 cm³/mol. The Morgan fingerprint density at radius 3 is 2.27 bits per heavy atom. The Morgan fingerprint density at radius 1 is 0.933 bits per heavy atom. The molecule has 2 aromatic rings. The van der Waals surface area contributed by atoms with Crippen LogP contribution in [0.5, 0.6) is 0 Å². The summed E-state index contributed by atoms with van der Waals surface area (Å²) in [6.07, 6.45) is 0. The van der Waals surface area contributed by atoms with Gasteiger partial charge < -0.3 is 5.11 Å². The lowest BCUT2D eigenvalue weighted by atomic mass is 10.0. The third-order valence-corrected chi connectivity index (χ3v) is 2.37. The van der Waals surface area contributed by atoms with Crippen LogP contribution in [0.4, 0.5) is 0 Å². The van der Waals surface area contributed by atoms with Crippen molar-refractivity contribution in [2.45, 2.75) is 6.61 Å². The van der Waals surface area contributed by atoms with Gasteiger partial charge in [-0.05, 0) is 35.2 Å². The van der Waals surface area contributed by atoms with Gasteiger partial charge in [0.25, 0.3) is 0 Å². The number of aliphatic hydroxyl groups excluding tert-OH is 1. The maximum atomic E-state index is 9.05. The molecule has 1 nitrogen and oxygen atoms in total. The molecule has 0 atom stereocenters. The highest BCUT2D eigenvalue weighted by molar-refractivity contribution is 5.65. The molecule has 75 valence electrons. The largest absolute Gasteiger partial charge is 0.392 e. The van der Waals surface area contributed by atoms with E-state index in [-0.39, 0.29) is 6.61 Å². The van der Waals surface area contributed by atoms with Gasteiger partial charge >= 0.3 is 0 Å². The third-order valence-electron chi connectivity index (χ3n) is 2.37.